The molecule has 0 aliphatic heterocycles. The van der Waals surface area contributed by atoms with Gasteiger partial charge < -0.3 is 5.11 Å². The van der Waals surface area contributed by atoms with E-state index in [1.165, 1.54) is 0 Å². The zero-order chi connectivity index (χ0) is 16.7. The third kappa shape index (κ3) is 6.37. The third-order valence-corrected chi connectivity index (χ3v) is 4.15. The molecule has 0 aliphatic rings. The van der Waals surface area contributed by atoms with Crippen molar-refractivity contribution < 1.29 is 9.50 Å². The van der Waals surface area contributed by atoms with E-state index >= 15 is 0 Å². The highest BCUT2D eigenvalue weighted by molar-refractivity contribution is 7.98. The molecule has 0 saturated heterocycles. The molecule has 1 atom stereocenters. The molecule has 2 nitrogen and oxygen atoms in total. The summed E-state index contributed by atoms with van der Waals surface area (Å²) in [6, 6.07) is 5.40. The average Bonchev–Trinajstić information content (AvgIpc) is 2.41. The minimum absolute atomic E-state index is 0.0155. The minimum Gasteiger partial charge on any atom is -0.396 e. The van der Waals surface area contributed by atoms with Gasteiger partial charge in [0.15, 0.2) is 0 Å². The van der Waals surface area contributed by atoms with Gasteiger partial charge in [0.25, 0.3) is 0 Å². The van der Waals surface area contributed by atoms with Crippen LogP contribution in [0.1, 0.15) is 59.1 Å². The van der Waals surface area contributed by atoms with Crippen LogP contribution in [0.25, 0.3) is 0 Å². The maximum atomic E-state index is 14.3. The van der Waals surface area contributed by atoms with Gasteiger partial charge in [-0.05, 0) is 46.6 Å². The normalized spacial score (nSPS) is 14.1. The predicted octanol–water partition coefficient (Wildman–Crippen LogP) is 4.79. The van der Waals surface area contributed by atoms with Crippen molar-refractivity contribution in [1.82, 2.24) is 4.72 Å². The highest BCUT2D eigenvalue weighted by Gasteiger charge is 2.31. The van der Waals surface area contributed by atoms with Crippen LogP contribution in [0.5, 0.6) is 0 Å². The SMILES string of the molecule is CC.Cc1cccc([C@](C)(CCO)NSC(C)(C)C)c1F. The van der Waals surface area contributed by atoms with Crippen LogP contribution < -0.4 is 4.72 Å². The standard InChI is InChI=1S/C15H24FNOS.C2H6/c1-11-7-6-8-12(13(11)16)15(5,9-10-18)17-19-14(2,3)4;1-2/h6-8,17-18H,9-10H2,1-5H3;1-2H3/t15-;/m0./s1. The van der Waals surface area contributed by atoms with Crippen LogP contribution in [0, 0.1) is 12.7 Å². The maximum Gasteiger partial charge on any atom is 0.131 e. The molecule has 1 aromatic rings. The molecule has 0 amide bonds. The summed E-state index contributed by atoms with van der Waals surface area (Å²) in [5, 5.41) is 9.28. The van der Waals surface area contributed by atoms with E-state index < -0.39 is 5.54 Å². The Balaban J connectivity index is 0.00000191. The first-order chi connectivity index (χ1) is 9.69. The maximum absolute atomic E-state index is 14.3. The third-order valence-electron chi connectivity index (χ3n) is 2.98. The van der Waals surface area contributed by atoms with Crippen LogP contribution >= 0.6 is 11.9 Å². The van der Waals surface area contributed by atoms with E-state index in [-0.39, 0.29) is 17.2 Å². The summed E-state index contributed by atoms with van der Waals surface area (Å²) in [6.07, 6.45) is 0.469. The summed E-state index contributed by atoms with van der Waals surface area (Å²) >= 11 is 1.56. The van der Waals surface area contributed by atoms with Gasteiger partial charge in [-0.25, -0.2) is 4.39 Å². The first-order valence-electron chi connectivity index (χ1n) is 7.51. The van der Waals surface area contributed by atoms with Gasteiger partial charge in [-0.1, -0.05) is 44.0 Å². The first-order valence-corrected chi connectivity index (χ1v) is 8.33. The zero-order valence-electron chi connectivity index (χ0n) is 14.4. The smallest absolute Gasteiger partial charge is 0.131 e. The highest BCUT2D eigenvalue weighted by Crippen LogP contribution is 2.33. The van der Waals surface area contributed by atoms with E-state index in [2.05, 4.69) is 25.5 Å². The van der Waals surface area contributed by atoms with Gasteiger partial charge in [0.2, 0.25) is 0 Å². The number of benzene rings is 1. The zero-order valence-corrected chi connectivity index (χ0v) is 15.2. The highest BCUT2D eigenvalue weighted by atomic mass is 32.2. The molecule has 0 heterocycles. The van der Waals surface area contributed by atoms with Gasteiger partial charge in [-0.2, -0.15) is 0 Å². The Bertz CT molecular complexity index is 431. The lowest BCUT2D eigenvalue weighted by Gasteiger charge is -2.34. The molecular formula is C17H30FNOS. The Morgan fingerprint density at radius 1 is 1.19 bits per heavy atom. The van der Waals surface area contributed by atoms with Gasteiger partial charge in [0.1, 0.15) is 5.82 Å². The fraction of sp³-hybridized carbons (Fsp3) is 0.647. The molecule has 21 heavy (non-hydrogen) atoms. The number of aliphatic hydroxyl groups excluding tert-OH is 1. The molecule has 0 aromatic heterocycles. The van der Waals surface area contributed by atoms with Crippen molar-refractivity contribution in [2.75, 3.05) is 6.61 Å². The summed E-state index contributed by atoms with van der Waals surface area (Å²) in [5.74, 6) is -0.194. The van der Waals surface area contributed by atoms with Gasteiger partial charge >= 0.3 is 0 Å². The monoisotopic (exact) mass is 315 g/mol. The Labute approximate surface area is 133 Å². The van der Waals surface area contributed by atoms with Crippen LogP contribution in [0.15, 0.2) is 18.2 Å². The number of aryl methyl sites for hydroxylation is 1. The second-order valence-electron chi connectivity index (χ2n) is 6.06. The molecule has 1 aromatic carbocycles. The predicted molar refractivity (Wildman–Crippen MR) is 92.0 cm³/mol. The quantitative estimate of drug-likeness (QED) is 0.766. The number of nitrogens with one attached hydrogen (secondary N) is 1. The van der Waals surface area contributed by atoms with Gasteiger partial charge in [-0.3, -0.25) is 4.72 Å². The van der Waals surface area contributed by atoms with Crippen LogP contribution in [-0.2, 0) is 5.54 Å². The molecule has 0 aliphatic carbocycles. The molecule has 122 valence electrons. The van der Waals surface area contributed by atoms with E-state index in [1.54, 1.807) is 31.0 Å². The number of rotatable bonds is 5. The molecule has 2 N–H and O–H groups in total. The van der Waals surface area contributed by atoms with Crippen LogP contribution in [0.2, 0.25) is 0 Å². The lowest BCUT2D eigenvalue weighted by molar-refractivity contribution is 0.237. The summed E-state index contributed by atoms with van der Waals surface area (Å²) in [7, 11) is 0. The van der Waals surface area contributed by atoms with Gasteiger partial charge in [-0.15, -0.1) is 0 Å². The van der Waals surface area contributed by atoms with E-state index in [0.717, 1.165) is 0 Å². The van der Waals surface area contributed by atoms with Crippen LogP contribution in [-0.4, -0.2) is 16.5 Å². The summed E-state index contributed by atoms with van der Waals surface area (Å²) < 4.78 is 17.7. The lowest BCUT2D eigenvalue weighted by atomic mass is 9.88. The molecule has 4 heteroatoms. The number of hydrogen-bond donors (Lipinski definition) is 2. The number of aliphatic hydroxyl groups is 1. The Morgan fingerprint density at radius 3 is 2.24 bits per heavy atom. The number of halogens is 1. The minimum atomic E-state index is -0.581. The first kappa shape index (κ1) is 20.4. The van der Waals surface area contributed by atoms with Crippen molar-refractivity contribution in [3.8, 4) is 0 Å². The molecule has 0 spiro atoms. The fourth-order valence-electron chi connectivity index (χ4n) is 1.80. The molecule has 1 rings (SSSR count). The lowest BCUT2D eigenvalue weighted by Crippen LogP contribution is -2.39. The van der Waals surface area contributed by atoms with Gasteiger partial charge in [0.05, 0.1) is 5.54 Å². The number of hydrogen-bond acceptors (Lipinski definition) is 3. The van der Waals surface area contributed by atoms with E-state index in [9.17, 15) is 9.50 Å². The van der Waals surface area contributed by atoms with Crippen molar-refractivity contribution in [3.05, 3.63) is 35.1 Å². The largest absolute Gasteiger partial charge is 0.396 e. The van der Waals surface area contributed by atoms with Gasteiger partial charge in [0, 0.05) is 16.9 Å². The van der Waals surface area contributed by atoms with Crippen LogP contribution in [0.3, 0.4) is 0 Å². The molecule has 0 saturated carbocycles. The Morgan fingerprint density at radius 2 is 1.76 bits per heavy atom. The molecular weight excluding hydrogens is 285 g/mol. The fourth-order valence-corrected chi connectivity index (χ4v) is 2.55. The van der Waals surface area contributed by atoms with Crippen molar-refractivity contribution in [2.45, 2.75) is 65.2 Å². The molecule has 0 unspecified atom stereocenters. The topological polar surface area (TPSA) is 32.3 Å². The van der Waals surface area contributed by atoms with E-state index in [4.69, 9.17) is 0 Å². The summed E-state index contributed by atoms with van der Waals surface area (Å²) in [4.78, 5) is 0. The second kappa shape index (κ2) is 8.76. The van der Waals surface area contributed by atoms with E-state index in [1.807, 2.05) is 26.8 Å². The Hall–Kier alpha value is -0.580. The van der Waals surface area contributed by atoms with Crippen molar-refractivity contribution in [2.24, 2.45) is 0 Å². The van der Waals surface area contributed by atoms with Crippen LogP contribution in [0.4, 0.5) is 4.39 Å². The molecule has 0 fully saturated rings. The summed E-state index contributed by atoms with van der Waals surface area (Å²) in [6.45, 7) is 14.0. The van der Waals surface area contributed by atoms with Crippen molar-refractivity contribution in [3.63, 3.8) is 0 Å². The average molecular weight is 315 g/mol. The molecule has 0 radical (unpaired) electrons. The second-order valence-corrected chi connectivity index (χ2v) is 7.69. The Kier molecular flexibility index (Phi) is 8.52. The van der Waals surface area contributed by atoms with E-state index in [0.29, 0.717) is 17.5 Å². The van der Waals surface area contributed by atoms with Crippen molar-refractivity contribution >= 4 is 11.9 Å². The summed E-state index contributed by atoms with van der Waals surface area (Å²) in [5.41, 5.74) is 0.658. The molecule has 0 bridgehead atoms. The van der Waals surface area contributed by atoms with Crippen molar-refractivity contribution in [1.29, 1.82) is 0 Å².